The van der Waals surface area contributed by atoms with E-state index in [1.165, 1.54) is 0 Å². The van der Waals surface area contributed by atoms with Crippen LogP contribution in [0.4, 0.5) is 5.69 Å². The summed E-state index contributed by atoms with van der Waals surface area (Å²) in [5.74, 6) is 0.188. The zero-order chi connectivity index (χ0) is 14.2. The highest BCUT2D eigenvalue weighted by Crippen LogP contribution is 2.22. The molecule has 4 nitrogen and oxygen atoms in total. The van der Waals surface area contributed by atoms with Gasteiger partial charge in [-0.25, -0.2) is 4.68 Å². The highest BCUT2D eigenvalue weighted by Gasteiger charge is 2.20. The molecule has 1 aromatic carbocycles. The molecule has 0 fully saturated rings. The van der Waals surface area contributed by atoms with Crippen molar-refractivity contribution in [2.45, 2.75) is 33.2 Å². The molecule has 2 rings (SSSR count). The normalized spacial score (nSPS) is 11.2. The minimum atomic E-state index is -0.187. The SMILES string of the molecule is CCn1c(C(C)C)c(N)c(=O)n1-c1cccc(Cl)c1. The molecule has 0 spiro atoms. The third kappa shape index (κ3) is 2.28. The van der Waals surface area contributed by atoms with Crippen LogP contribution in [0.25, 0.3) is 5.69 Å². The number of hydrogen-bond acceptors (Lipinski definition) is 2. The molecule has 0 unspecified atom stereocenters. The maximum Gasteiger partial charge on any atom is 0.294 e. The minimum Gasteiger partial charge on any atom is -0.393 e. The lowest BCUT2D eigenvalue weighted by atomic mass is 10.1. The van der Waals surface area contributed by atoms with Crippen molar-refractivity contribution in [1.82, 2.24) is 9.36 Å². The van der Waals surface area contributed by atoms with E-state index in [1.807, 2.05) is 37.6 Å². The average Bonchev–Trinajstić information content (AvgIpc) is 2.61. The Morgan fingerprint density at radius 1 is 1.37 bits per heavy atom. The molecule has 0 aliphatic rings. The third-order valence-corrected chi connectivity index (χ3v) is 3.35. The van der Waals surface area contributed by atoms with E-state index >= 15 is 0 Å². The summed E-state index contributed by atoms with van der Waals surface area (Å²) < 4.78 is 3.50. The maximum absolute atomic E-state index is 12.4. The summed E-state index contributed by atoms with van der Waals surface area (Å²) in [5.41, 5.74) is 7.70. The molecule has 0 radical (unpaired) electrons. The summed E-state index contributed by atoms with van der Waals surface area (Å²) in [6.45, 7) is 6.72. The lowest BCUT2D eigenvalue weighted by Gasteiger charge is -2.15. The summed E-state index contributed by atoms with van der Waals surface area (Å²) in [6.07, 6.45) is 0. The van der Waals surface area contributed by atoms with Gasteiger partial charge in [0, 0.05) is 11.6 Å². The Labute approximate surface area is 117 Å². The maximum atomic E-state index is 12.4. The number of aromatic nitrogens is 2. The fraction of sp³-hybridized carbons (Fsp3) is 0.357. The Morgan fingerprint density at radius 3 is 2.58 bits per heavy atom. The van der Waals surface area contributed by atoms with Gasteiger partial charge in [0.05, 0.1) is 11.4 Å². The van der Waals surface area contributed by atoms with E-state index in [2.05, 4.69) is 0 Å². The monoisotopic (exact) mass is 279 g/mol. The third-order valence-electron chi connectivity index (χ3n) is 3.12. The summed E-state index contributed by atoms with van der Waals surface area (Å²) in [7, 11) is 0. The van der Waals surface area contributed by atoms with E-state index in [0.29, 0.717) is 17.3 Å². The Hall–Kier alpha value is -1.68. The molecule has 0 atom stereocenters. The van der Waals surface area contributed by atoms with Crippen LogP contribution in [0.1, 0.15) is 32.4 Å². The minimum absolute atomic E-state index is 0.187. The molecule has 0 aliphatic carbocycles. The molecule has 5 heteroatoms. The largest absolute Gasteiger partial charge is 0.393 e. The van der Waals surface area contributed by atoms with E-state index in [9.17, 15) is 4.79 Å². The van der Waals surface area contributed by atoms with Crippen LogP contribution in [0.2, 0.25) is 5.02 Å². The highest BCUT2D eigenvalue weighted by molar-refractivity contribution is 6.30. The molecule has 1 aromatic heterocycles. The summed E-state index contributed by atoms with van der Waals surface area (Å²) >= 11 is 6.00. The van der Waals surface area contributed by atoms with Crippen molar-refractivity contribution >= 4 is 17.3 Å². The number of nitrogens with two attached hydrogens (primary N) is 1. The fourth-order valence-electron chi connectivity index (χ4n) is 2.37. The van der Waals surface area contributed by atoms with Crippen LogP contribution in [0.5, 0.6) is 0 Å². The summed E-state index contributed by atoms with van der Waals surface area (Å²) in [6, 6.07) is 7.21. The van der Waals surface area contributed by atoms with Crippen LogP contribution in [0, 0.1) is 0 Å². The van der Waals surface area contributed by atoms with Crippen LogP contribution >= 0.6 is 11.6 Å². The summed E-state index contributed by atoms with van der Waals surface area (Å²) in [4.78, 5) is 12.4. The second-order valence-electron chi connectivity index (χ2n) is 4.77. The quantitative estimate of drug-likeness (QED) is 0.939. The molecule has 2 aromatic rings. The number of nitrogens with zero attached hydrogens (tertiary/aromatic N) is 2. The van der Waals surface area contributed by atoms with Crippen molar-refractivity contribution in [1.29, 1.82) is 0 Å². The molecule has 0 amide bonds. The number of nitrogen functional groups attached to an aromatic ring is 1. The predicted molar refractivity (Wildman–Crippen MR) is 79.2 cm³/mol. The van der Waals surface area contributed by atoms with Crippen molar-refractivity contribution in [3.63, 3.8) is 0 Å². The van der Waals surface area contributed by atoms with E-state index in [1.54, 1.807) is 16.8 Å². The van der Waals surface area contributed by atoms with Gasteiger partial charge in [-0.3, -0.25) is 9.48 Å². The zero-order valence-electron chi connectivity index (χ0n) is 11.4. The molecule has 0 aliphatic heterocycles. The Kier molecular flexibility index (Phi) is 3.71. The van der Waals surface area contributed by atoms with Crippen molar-refractivity contribution in [3.8, 4) is 5.69 Å². The Balaban J connectivity index is 2.77. The molecule has 0 bridgehead atoms. The lowest BCUT2D eigenvalue weighted by molar-refractivity contribution is 0.534. The van der Waals surface area contributed by atoms with Crippen LogP contribution in [-0.2, 0) is 6.54 Å². The van der Waals surface area contributed by atoms with Crippen LogP contribution in [-0.4, -0.2) is 9.36 Å². The number of benzene rings is 1. The summed E-state index contributed by atoms with van der Waals surface area (Å²) in [5, 5.41) is 0.595. The van der Waals surface area contributed by atoms with Gasteiger partial charge in [0.1, 0.15) is 5.69 Å². The first-order valence-corrected chi connectivity index (χ1v) is 6.72. The standard InChI is InChI=1S/C14H18ClN3O/c1-4-17-13(9(2)3)12(16)14(19)18(17)11-7-5-6-10(15)8-11/h5-9H,4,16H2,1-3H3. The molecule has 0 saturated carbocycles. The highest BCUT2D eigenvalue weighted by atomic mass is 35.5. The van der Waals surface area contributed by atoms with Crippen molar-refractivity contribution in [2.75, 3.05) is 5.73 Å². The molecule has 0 saturated heterocycles. The lowest BCUT2D eigenvalue weighted by Crippen LogP contribution is -2.22. The van der Waals surface area contributed by atoms with Gasteiger partial charge >= 0.3 is 0 Å². The van der Waals surface area contributed by atoms with Gasteiger partial charge in [-0.15, -0.1) is 0 Å². The average molecular weight is 280 g/mol. The zero-order valence-corrected chi connectivity index (χ0v) is 12.1. The number of hydrogen-bond donors (Lipinski definition) is 1. The van der Waals surface area contributed by atoms with E-state index < -0.39 is 0 Å². The second-order valence-corrected chi connectivity index (χ2v) is 5.20. The predicted octanol–water partition coefficient (Wildman–Crippen LogP) is 3.02. The van der Waals surface area contributed by atoms with Gasteiger partial charge in [-0.05, 0) is 31.0 Å². The smallest absolute Gasteiger partial charge is 0.294 e. The van der Waals surface area contributed by atoms with E-state index in [4.69, 9.17) is 17.3 Å². The number of anilines is 1. The Bertz CT molecular complexity index is 655. The van der Waals surface area contributed by atoms with Crippen LogP contribution in [0.3, 0.4) is 0 Å². The van der Waals surface area contributed by atoms with Crippen LogP contribution < -0.4 is 11.3 Å². The second kappa shape index (κ2) is 5.13. The molecule has 2 N–H and O–H groups in total. The fourth-order valence-corrected chi connectivity index (χ4v) is 2.55. The van der Waals surface area contributed by atoms with Gasteiger partial charge in [0.15, 0.2) is 0 Å². The van der Waals surface area contributed by atoms with Gasteiger partial charge in [-0.2, -0.15) is 0 Å². The van der Waals surface area contributed by atoms with Gasteiger partial charge in [-0.1, -0.05) is 31.5 Å². The first-order valence-electron chi connectivity index (χ1n) is 6.34. The molecular formula is C14H18ClN3O. The van der Waals surface area contributed by atoms with Gasteiger partial charge < -0.3 is 5.73 Å². The first-order chi connectivity index (χ1) is 8.97. The molecular weight excluding hydrogens is 262 g/mol. The van der Waals surface area contributed by atoms with E-state index in [-0.39, 0.29) is 11.5 Å². The van der Waals surface area contributed by atoms with Gasteiger partial charge in [0.25, 0.3) is 5.56 Å². The van der Waals surface area contributed by atoms with Crippen molar-refractivity contribution < 1.29 is 0 Å². The molecule has 102 valence electrons. The van der Waals surface area contributed by atoms with Crippen LogP contribution in [0.15, 0.2) is 29.1 Å². The molecule has 1 heterocycles. The first kappa shape index (κ1) is 13.7. The van der Waals surface area contributed by atoms with E-state index in [0.717, 1.165) is 11.4 Å². The Morgan fingerprint density at radius 2 is 2.05 bits per heavy atom. The molecule has 19 heavy (non-hydrogen) atoms. The van der Waals surface area contributed by atoms with Crippen molar-refractivity contribution in [2.24, 2.45) is 0 Å². The van der Waals surface area contributed by atoms with Crippen molar-refractivity contribution in [3.05, 3.63) is 45.3 Å². The van der Waals surface area contributed by atoms with Gasteiger partial charge in [0.2, 0.25) is 0 Å². The number of rotatable bonds is 3. The topological polar surface area (TPSA) is 52.9 Å². The number of halogens is 1.